The SMILES string of the molecule is Cn1ccnc1SCc1ccc(C(=O)N2CCC(C(N)=O)CC2)cc1. The lowest BCUT2D eigenvalue weighted by Crippen LogP contribution is -2.41. The molecule has 2 N–H and O–H groups in total. The smallest absolute Gasteiger partial charge is 0.253 e. The molecule has 6 nitrogen and oxygen atoms in total. The van der Waals surface area contributed by atoms with Crippen LogP contribution in [0.25, 0.3) is 0 Å². The van der Waals surface area contributed by atoms with Crippen LogP contribution in [-0.4, -0.2) is 39.4 Å². The predicted octanol–water partition coefficient (Wildman–Crippen LogP) is 2.05. The number of nitrogens with two attached hydrogens (primary N) is 1. The van der Waals surface area contributed by atoms with E-state index in [0.717, 1.165) is 16.5 Å². The molecule has 2 amide bonds. The first-order valence-electron chi connectivity index (χ1n) is 8.32. The Labute approximate surface area is 151 Å². The van der Waals surface area contributed by atoms with E-state index in [9.17, 15) is 9.59 Å². The van der Waals surface area contributed by atoms with Crippen LogP contribution in [0, 0.1) is 5.92 Å². The van der Waals surface area contributed by atoms with Gasteiger partial charge in [0.25, 0.3) is 5.91 Å². The number of nitrogens with zero attached hydrogens (tertiary/aromatic N) is 3. The van der Waals surface area contributed by atoms with Crippen molar-refractivity contribution in [1.29, 1.82) is 0 Å². The third-order valence-corrected chi connectivity index (χ3v) is 5.66. The molecule has 1 saturated heterocycles. The van der Waals surface area contributed by atoms with Crippen molar-refractivity contribution in [2.75, 3.05) is 13.1 Å². The van der Waals surface area contributed by atoms with Gasteiger partial charge in [-0.25, -0.2) is 4.98 Å². The summed E-state index contributed by atoms with van der Waals surface area (Å²) < 4.78 is 1.98. The number of aryl methyl sites for hydroxylation is 1. The highest BCUT2D eigenvalue weighted by molar-refractivity contribution is 7.98. The van der Waals surface area contributed by atoms with Crippen LogP contribution in [-0.2, 0) is 17.6 Å². The Morgan fingerprint density at radius 3 is 2.48 bits per heavy atom. The molecule has 1 aromatic carbocycles. The second-order valence-corrected chi connectivity index (χ2v) is 7.22. The average Bonchev–Trinajstić information content (AvgIpc) is 3.05. The molecule has 0 bridgehead atoms. The van der Waals surface area contributed by atoms with Crippen LogP contribution in [0.1, 0.15) is 28.8 Å². The standard InChI is InChI=1S/C18H22N4O2S/c1-21-11-8-20-18(21)25-12-13-2-4-15(5-3-13)17(24)22-9-6-14(7-10-22)16(19)23/h2-5,8,11,14H,6-7,9-10,12H2,1H3,(H2,19,23). The summed E-state index contributed by atoms with van der Waals surface area (Å²) in [6.45, 7) is 1.17. The Balaban J connectivity index is 1.56. The molecule has 2 aromatic rings. The number of hydrogen-bond acceptors (Lipinski definition) is 4. The van der Waals surface area contributed by atoms with Gasteiger partial charge in [-0.15, -0.1) is 0 Å². The van der Waals surface area contributed by atoms with Crippen LogP contribution in [0.15, 0.2) is 41.8 Å². The Bertz CT molecular complexity index is 749. The zero-order valence-corrected chi connectivity index (χ0v) is 15.0. The number of carbonyl (C=O) groups is 2. The van der Waals surface area contributed by atoms with Crippen LogP contribution in [0.5, 0.6) is 0 Å². The van der Waals surface area contributed by atoms with Crippen molar-refractivity contribution in [1.82, 2.24) is 14.5 Å². The molecule has 0 saturated carbocycles. The summed E-state index contributed by atoms with van der Waals surface area (Å²) in [5, 5.41) is 0.970. The van der Waals surface area contributed by atoms with Crippen molar-refractivity contribution in [3.05, 3.63) is 47.8 Å². The lowest BCUT2D eigenvalue weighted by Gasteiger charge is -2.30. The summed E-state index contributed by atoms with van der Waals surface area (Å²) in [5.74, 6) is 0.464. The number of primary amides is 1. The van der Waals surface area contributed by atoms with E-state index < -0.39 is 0 Å². The number of rotatable bonds is 5. The van der Waals surface area contributed by atoms with Gasteiger partial charge in [-0.3, -0.25) is 9.59 Å². The highest BCUT2D eigenvalue weighted by Gasteiger charge is 2.26. The Hall–Kier alpha value is -2.28. The fourth-order valence-electron chi connectivity index (χ4n) is 2.93. The molecule has 1 aliphatic rings. The van der Waals surface area contributed by atoms with Crippen molar-refractivity contribution in [3.63, 3.8) is 0 Å². The largest absolute Gasteiger partial charge is 0.369 e. The monoisotopic (exact) mass is 358 g/mol. The van der Waals surface area contributed by atoms with Crippen molar-refractivity contribution in [2.24, 2.45) is 18.7 Å². The maximum atomic E-state index is 12.6. The van der Waals surface area contributed by atoms with E-state index in [1.807, 2.05) is 42.1 Å². The third kappa shape index (κ3) is 4.22. The summed E-state index contributed by atoms with van der Waals surface area (Å²) in [6, 6.07) is 7.71. The minimum absolute atomic E-state index is 0.0197. The first kappa shape index (κ1) is 17.5. The lowest BCUT2D eigenvalue weighted by atomic mass is 9.96. The summed E-state index contributed by atoms with van der Waals surface area (Å²) in [6.07, 6.45) is 5.01. The zero-order chi connectivity index (χ0) is 17.8. The van der Waals surface area contributed by atoms with Gasteiger partial charge in [0.1, 0.15) is 0 Å². The molecule has 25 heavy (non-hydrogen) atoms. The molecule has 132 valence electrons. The fraction of sp³-hybridized carbons (Fsp3) is 0.389. The van der Waals surface area contributed by atoms with E-state index in [4.69, 9.17) is 5.73 Å². The molecule has 2 heterocycles. The van der Waals surface area contributed by atoms with E-state index in [-0.39, 0.29) is 17.7 Å². The normalized spacial score (nSPS) is 15.3. The third-order valence-electron chi connectivity index (χ3n) is 4.53. The van der Waals surface area contributed by atoms with Crippen molar-refractivity contribution < 1.29 is 9.59 Å². The Morgan fingerprint density at radius 1 is 1.24 bits per heavy atom. The molecule has 1 fully saturated rings. The lowest BCUT2D eigenvalue weighted by molar-refractivity contribution is -0.123. The first-order valence-corrected chi connectivity index (χ1v) is 9.31. The van der Waals surface area contributed by atoms with Gasteiger partial charge in [0.05, 0.1) is 0 Å². The fourth-order valence-corrected chi connectivity index (χ4v) is 3.82. The Kier molecular flexibility index (Phi) is 5.43. The van der Waals surface area contributed by atoms with Crippen LogP contribution >= 0.6 is 11.8 Å². The van der Waals surface area contributed by atoms with E-state index in [1.165, 1.54) is 0 Å². The van der Waals surface area contributed by atoms with Gasteiger partial charge in [-0.05, 0) is 30.5 Å². The maximum absolute atomic E-state index is 12.6. The van der Waals surface area contributed by atoms with Crippen molar-refractivity contribution in [2.45, 2.75) is 23.8 Å². The molecule has 1 aromatic heterocycles. The molecular weight excluding hydrogens is 336 g/mol. The van der Waals surface area contributed by atoms with E-state index >= 15 is 0 Å². The molecule has 7 heteroatoms. The quantitative estimate of drug-likeness (QED) is 0.830. The topological polar surface area (TPSA) is 81.2 Å². The summed E-state index contributed by atoms with van der Waals surface area (Å²) in [5.41, 5.74) is 7.17. The molecular formula is C18H22N4O2S. The minimum Gasteiger partial charge on any atom is -0.369 e. The van der Waals surface area contributed by atoms with Gasteiger partial charge in [-0.2, -0.15) is 0 Å². The molecule has 0 unspecified atom stereocenters. The minimum atomic E-state index is -0.262. The van der Waals surface area contributed by atoms with Gasteiger partial charge in [0.2, 0.25) is 5.91 Å². The number of hydrogen-bond donors (Lipinski definition) is 1. The number of amides is 2. The molecule has 1 aliphatic heterocycles. The van der Waals surface area contributed by atoms with E-state index in [1.54, 1.807) is 22.9 Å². The van der Waals surface area contributed by atoms with Gasteiger partial charge < -0.3 is 15.2 Å². The predicted molar refractivity (Wildman–Crippen MR) is 97.0 cm³/mol. The van der Waals surface area contributed by atoms with Gasteiger partial charge >= 0.3 is 0 Å². The van der Waals surface area contributed by atoms with Crippen molar-refractivity contribution >= 4 is 23.6 Å². The van der Waals surface area contributed by atoms with Gasteiger partial charge in [0, 0.05) is 49.8 Å². The van der Waals surface area contributed by atoms with Crippen molar-refractivity contribution in [3.8, 4) is 0 Å². The number of likely N-dealkylation sites (tertiary alicyclic amines) is 1. The number of benzene rings is 1. The molecule has 0 atom stereocenters. The van der Waals surface area contributed by atoms with E-state index in [0.29, 0.717) is 31.5 Å². The second kappa shape index (κ2) is 7.74. The average molecular weight is 358 g/mol. The Morgan fingerprint density at radius 2 is 1.92 bits per heavy atom. The summed E-state index contributed by atoms with van der Waals surface area (Å²) in [7, 11) is 1.97. The first-order chi connectivity index (χ1) is 12.0. The molecule has 0 radical (unpaired) electrons. The highest BCUT2D eigenvalue weighted by Crippen LogP contribution is 2.22. The molecule has 0 spiro atoms. The summed E-state index contributed by atoms with van der Waals surface area (Å²) in [4.78, 5) is 29.9. The van der Waals surface area contributed by atoms with Crippen LogP contribution in [0.2, 0.25) is 0 Å². The maximum Gasteiger partial charge on any atom is 0.253 e. The number of imidazole rings is 1. The summed E-state index contributed by atoms with van der Waals surface area (Å²) >= 11 is 1.66. The second-order valence-electron chi connectivity index (χ2n) is 6.28. The number of piperidine rings is 1. The van der Waals surface area contributed by atoms with Crippen LogP contribution in [0.4, 0.5) is 0 Å². The number of carbonyl (C=O) groups excluding carboxylic acids is 2. The number of thioether (sulfide) groups is 1. The van der Waals surface area contributed by atoms with Crippen LogP contribution < -0.4 is 5.73 Å². The number of aromatic nitrogens is 2. The van der Waals surface area contributed by atoms with Crippen LogP contribution in [0.3, 0.4) is 0 Å². The highest BCUT2D eigenvalue weighted by atomic mass is 32.2. The van der Waals surface area contributed by atoms with E-state index in [2.05, 4.69) is 4.98 Å². The van der Waals surface area contributed by atoms with Gasteiger partial charge in [-0.1, -0.05) is 23.9 Å². The zero-order valence-electron chi connectivity index (χ0n) is 14.2. The van der Waals surface area contributed by atoms with Gasteiger partial charge in [0.15, 0.2) is 5.16 Å². The molecule has 0 aliphatic carbocycles. The molecule has 3 rings (SSSR count).